The van der Waals surface area contributed by atoms with Gasteiger partial charge in [0.2, 0.25) is 0 Å². The molecule has 13 heavy (non-hydrogen) atoms. The van der Waals surface area contributed by atoms with Gasteiger partial charge in [0.1, 0.15) is 0 Å². The van der Waals surface area contributed by atoms with E-state index >= 15 is 0 Å². The monoisotopic (exact) mass is 177 g/mol. The van der Waals surface area contributed by atoms with Crippen molar-refractivity contribution in [1.29, 1.82) is 0 Å². The van der Waals surface area contributed by atoms with Crippen LogP contribution >= 0.6 is 0 Å². The van der Waals surface area contributed by atoms with E-state index in [-0.39, 0.29) is 11.4 Å². The Morgan fingerprint density at radius 2 is 1.69 bits per heavy atom. The minimum absolute atomic E-state index is 0.0203. The van der Waals surface area contributed by atoms with Gasteiger partial charge in [0.15, 0.2) is 0 Å². The van der Waals surface area contributed by atoms with Crippen LogP contribution in [0.5, 0.6) is 0 Å². The highest BCUT2D eigenvalue weighted by molar-refractivity contribution is 5.94. The average molecular weight is 177 g/mol. The van der Waals surface area contributed by atoms with Gasteiger partial charge >= 0.3 is 0 Å². The summed E-state index contributed by atoms with van der Waals surface area (Å²) in [7, 11) is 0. The van der Waals surface area contributed by atoms with Gasteiger partial charge in [-0.05, 0) is 32.9 Å². The number of nitrogens with one attached hydrogen (secondary N) is 1. The fourth-order valence-corrected chi connectivity index (χ4v) is 1.00. The number of carbonyl (C=O) groups excluding carboxylic acids is 1. The van der Waals surface area contributed by atoms with Gasteiger partial charge < -0.3 is 5.32 Å². The summed E-state index contributed by atoms with van der Waals surface area (Å²) in [5.74, 6) is -0.0203. The van der Waals surface area contributed by atoms with Gasteiger partial charge in [-0.25, -0.2) is 0 Å². The van der Waals surface area contributed by atoms with Crippen LogP contribution in [0.3, 0.4) is 0 Å². The second kappa shape index (κ2) is 3.60. The molecule has 1 N–H and O–H groups in total. The number of rotatable bonds is 1. The first-order chi connectivity index (χ1) is 5.99. The number of hydrogen-bond donors (Lipinski definition) is 1. The van der Waals surface area contributed by atoms with Crippen LogP contribution in [0.1, 0.15) is 31.1 Å². The van der Waals surface area contributed by atoms with Crippen LogP contribution in [0.4, 0.5) is 0 Å². The largest absolute Gasteiger partial charge is 0.347 e. The van der Waals surface area contributed by atoms with Crippen molar-refractivity contribution in [2.45, 2.75) is 26.3 Å². The topological polar surface area (TPSA) is 29.1 Å². The highest BCUT2D eigenvalue weighted by Gasteiger charge is 2.14. The summed E-state index contributed by atoms with van der Waals surface area (Å²) < 4.78 is 0. The minimum Gasteiger partial charge on any atom is -0.347 e. The normalized spacial score (nSPS) is 11.0. The van der Waals surface area contributed by atoms with Crippen LogP contribution < -0.4 is 5.32 Å². The van der Waals surface area contributed by atoms with Gasteiger partial charge in [-0.1, -0.05) is 18.2 Å². The molecule has 0 unspecified atom stereocenters. The average Bonchev–Trinajstić information content (AvgIpc) is 2.03. The molecule has 0 radical (unpaired) electrons. The van der Waals surface area contributed by atoms with Gasteiger partial charge in [-0.15, -0.1) is 0 Å². The molecule has 0 aliphatic rings. The molecule has 1 amide bonds. The first-order valence-corrected chi connectivity index (χ1v) is 4.36. The van der Waals surface area contributed by atoms with Gasteiger partial charge in [-0.2, -0.15) is 0 Å². The van der Waals surface area contributed by atoms with E-state index in [1.165, 1.54) is 0 Å². The molecule has 0 heterocycles. The molecule has 0 aromatic heterocycles. The van der Waals surface area contributed by atoms with Crippen molar-refractivity contribution in [2.75, 3.05) is 0 Å². The highest BCUT2D eigenvalue weighted by Crippen LogP contribution is 2.03. The predicted molar refractivity (Wildman–Crippen MR) is 53.7 cm³/mol. The van der Waals surface area contributed by atoms with Crippen LogP contribution in [0.2, 0.25) is 0 Å². The molecule has 0 spiro atoms. The Bertz CT molecular complexity index is 285. The number of carbonyl (C=O) groups is 1. The minimum atomic E-state index is -0.174. The van der Waals surface area contributed by atoms with Crippen molar-refractivity contribution in [2.24, 2.45) is 0 Å². The standard InChI is InChI=1S/C11H15NO/c1-11(2,3)12-10(13)9-7-5-4-6-8-9/h4-8H,1-3H3,(H,12,13). The smallest absolute Gasteiger partial charge is 0.251 e. The lowest BCUT2D eigenvalue weighted by atomic mass is 10.1. The first kappa shape index (κ1) is 9.78. The zero-order valence-corrected chi connectivity index (χ0v) is 8.29. The molecule has 70 valence electrons. The van der Waals surface area contributed by atoms with Gasteiger partial charge in [-0.3, -0.25) is 4.79 Å². The van der Waals surface area contributed by atoms with E-state index in [1.807, 2.05) is 39.0 Å². The van der Waals surface area contributed by atoms with E-state index in [9.17, 15) is 4.79 Å². The third kappa shape index (κ3) is 3.28. The summed E-state index contributed by atoms with van der Waals surface area (Å²) >= 11 is 0. The second-order valence-corrected chi connectivity index (χ2v) is 4.07. The molecular formula is C11H15NO. The van der Waals surface area contributed by atoms with Crippen LogP contribution in [0, 0.1) is 0 Å². The van der Waals surface area contributed by atoms with Crippen LogP contribution in [0.25, 0.3) is 0 Å². The Hall–Kier alpha value is -1.31. The third-order valence-electron chi connectivity index (χ3n) is 1.52. The van der Waals surface area contributed by atoms with Crippen LogP contribution in [-0.2, 0) is 0 Å². The molecule has 1 aromatic carbocycles. The first-order valence-electron chi connectivity index (χ1n) is 4.36. The molecule has 0 aliphatic carbocycles. The Labute approximate surface area is 79.0 Å². The quantitative estimate of drug-likeness (QED) is 0.700. The fourth-order valence-electron chi connectivity index (χ4n) is 1.00. The van der Waals surface area contributed by atoms with Crippen molar-refractivity contribution >= 4 is 5.91 Å². The SMILES string of the molecule is CC(C)(C)NC(=O)c1ccccc1. The highest BCUT2D eigenvalue weighted by atomic mass is 16.1. The van der Waals surface area contributed by atoms with E-state index in [0.29, 0.717) is 5.56 Å². The molecule has 0 aliphatic heterocycles. The van der Waals surface area contributed by atoms with Crippen molar-refractivity contribution in [3.8, 4) is 0 Å². The van der Waals surface area contributed by atoms with E-state index in [1.54, 1.807) is 12.1 Å². The number of benzene rings is 1. The van der Waals surface area contributed by atoms with E-state index < -0.39 is 0 Å². The molecule has 2 nitrogen and oxygen atoms in total. The summed E-state index contributed by atoms with van der Waals surface area (Å²) in [6.07, 6.45) is 0. The summed E-state index contributed by atoms with van der Waals surface area (Å²) in [5.41, 5.74) is 0.532. The van der Waals surface area contributed by atoms with Gasteiger partial charge in [0.05, 0.1) is 0 Å². The zero-order valence-electron chi connectivity index (χ0n) is 8.29. The van der Waals surface area contributed by atoms with Crippen molar-refractivity contribution in [1.82, 2.24) is 5.32 Å². The maximum Gasteiger partial charge on any atom is 0.251 e. The van der Waals surface area contributed by atoms with Crippen LogP contribution in [-0.4, -0.2) is 11.4 Å². The Morgan fingerprint density at radius 1 is 1.15 bits per heavy atom. The number of hydrogen-bond acceptors (Lipinski definition) is 1. The van der Waals surface area contributed by atoms with E-state index in [4.69, 9.17) is 0 Å². The lowest BCUT2D eigenvalue weighted by molar-refractivity contribution is 0.0919. The third-order valence-corrected chi connectivity index (χ3v) is 1.52. The van der Waals surface area contributed by atoms with E-state index in [2.05, 4.69) is 5.32 Å². The van der Waals surface area contributed by atoms with Crippen molar-refractivity contribution in [3.05, 3.63) is 35.9 Å². The summed E-state index contributed by atoms with van der Waals surface area (Å²) in [6, 6.07) is 9.23. The molecule has 0 saturated heterocycles. The van der Waals surface area contributed by atoms with Crippen molar-refractivity contribution in [3.63, 3.8) is 0 Å². The molecule has 0 bridgehead atoms. The molecule has 0 fully saturated rings. The summed E-state index contributed by atoms with van der Waals surface area (Å²) in [6.45, 7) is 5.90. The zero-order chi connectivity index (χ0) is 9.90. The molecule has 1 aromatic rings. The fraction of sp³-hybridized carbons (Fsp3) is 0.364. The molecule has 1 rings (SSSR count). The summed E-state index contributed by atoms with van der Waals surface area (Å²) in [4.78, 5) is 11.5. The Morgan fingerprint density at radius 3 is 2.15 bits per heavy atom. The lowest BCUT2D eigenvalue weighted by Crippen LogP contribution is -2.40. The van der Waals surface area contributed by atoms with Crippen LogP contribution in [0.15, 0.2) is 30.3 Å². The second-order valence-electron chi connectivity index (χ2n) is 4.07. The number of amides is 1. The predicted octanol–water partition coefficient (Wildman–Crippen LogP) is 2.21. The van der Waals surface area contributed by atoms with Crippen molar-refractivity contribution < 1.29 is 4.79 Å². The van der Waals surface area contributed by atoms with Gasteiger partial charge in [0, 0.05) is 11.1 Å². The molecule has 0 atom stereocenters. The maximum absolute atomic E-state index is 11.5. The van der Waals surface area contributed by atoms with Gasteiger partial charge in [0.25, 0.3) is 5.91 Å². The van der Waals surface area contributed by atoms with E-state index in [0.717, 1.165) is 0 Å². The molecular weight excluding hydrogens is 162 g/mol. The maximum atomic E-state index is 11.5. The molecule has 0 saturated carbocycles. The Balaban J connectivity index is 2.71. The summed E-state index contributed by atoms with van der Waals surface area (Å²) in [5, 5.41) is 2.90. The molecule has 2 heteroatoms. The Kier molecular flexibility index (Phi) is 2.71. The lowest BCUT2D eigenvalue weighted by Gasteiger charge is -2.20.